The molecule has 1 aromatic carbocycles. The van der Waals surface area contributed by atoms with Crippen molar-refractivity contribution in [3.8, 4) is 17.9 Å². The van der Waals surface area contributed by atoms with Gasteiger partial charge in [-0.3, -0.25) is 14.4 Å². The molecule has 1 rings (SSSR count). The Balaban J connectivity index is 3.26. The van der Waals surface area contributed by atoms with E-state index in [2.05, 4.69) is 4.84 Å². The van der Waals surface area contributed by atoms with Gasteiger partial charge in [-0.15, -0.1) is 0 Å². The van der Waals surface area contributed by atoms with Gasteiger partial charge in [0.25, 0.3) is 11.8 Å². The highest BCUT2D eigenvalue weighted by atomic mass is 16.6. The van der Waals surface area contributed by atoms with Crippen LogP contribution in [0.2, 0.25) is 0 Å². The maximum Gasteiger partial charge on any atom is 0.268 e. The minimum absolute atomic E-state index is 0.0199. The first-order valence-corrected chi connectivity index (χ1v) is 6.91. The van der Waals surface area contributed by atoms with Crippen LogP contribution in [-0.4, -0.2) is 47.6 Å². The van der Waals surface area contributed by atoms with Gasteiger partial charge in [-0.25, -0.2) is 5.48 Å². The fourth-order valence-corrected chi connectivity index (χ4v) is 1.97. The molecule has 0 saturated carbocycles. The monoisotopic (exact) mass is 344 g/mol. The molecule has 0 fully saturated rings. The van der Waals surface area contributed by atoms with Crippen molar-refractivity contribution in [2.45, 2.75) is 6.92 Å². The van der Waals surface area contributed by atoms with Crippen molar-refractivity contribution in [2.24, 2.45) is 0 Å². The van der Waals surface area contributed by atoms with E-state index >= 15 is 0 Å². The van der Waals surface area contributed by atoms with Crippen LogP contribution in [0.15, 0.2) is 17.7 Å². The molecule has 0 unspecified atom stereocenters. The molecule has 0 aliphatic carbocycles. The molecule has 0 radical (unpaired) electrons. The molecule has 0 bridgehead atoms. The summed E-state index contributed by atoms with van der Waals surface area (Å²) in [4.78, 5) is 29.0. The van der Waals surface area contributed by atoms with E-state index in [0.717, 1.165) is 11.0 Å². The number of amides is 2. The lowest BCUT2D eigenvalue weighted by Crippen LogP contribution is -2.38. The second kappa shape index (κ2) is 8.34. The van der Waals surface area contributed by atoms with Gasteiger partial charge in [-0.2, -0.15) is 10.5 Å². The SMILES string of the molecule is CONC(=O)CN(C)C(=O)/C(C#N)=C(\O)c1cc(C)c(O)c(C#N)c1. The van der Waals surface area contributed by atoms with Crippen molar-refractivity contribution in [2.75, 3.05) is 20.7 Å². The van der Waals surface area contributed by atoms with Crippen LogP contribution < -0.4 is 5.48 Å². The van der Waals surface area contributed by atoms with Gasteiger partial charge in [0.1, 0.15) is 30.2 Å². The van der Waals surface area contributed by atoms with Crippen LogP contribution in [0.5, 0.6) is 5.75 Å². The number of aromatic hydroxyl groups is 1. The van der Waals surface area contributed by atoms with Gasteiger partial charge >= 0.3 is 0 Å². The third kappa shape index (κ3) is 4.47. The first kappa shape index (κ1) is 19.5. The van der Waals surface area contributed by atoms with E-state index in [-0.39, 0.29) is 22.4 Å². The van der Waals surface area contributed by atoms with Crippen LogP contribution in [0.1, 0.15) is 16.7 Å². The first-order valence-electron chi connectivity index (χ1n) is 6.91. The summed E-state index contributed by atoms with van der Waals surface area (Å²) in [6.45, 7) is 1.10. The number of hydrogen-bond acceptors (Lipinski definition) is 7. The third-order valence-electron chi connectivity index (χ3n) is 3.20. The molecule has 0 heterocycles. The van der Waals surface area contributed by atoms with Crippen molar-refractivity contribution >= 4 is 17.6 Å². The molecule has 2 amide bonds. The molecule has 9 heteroatoms. The highest BCUT2D eigenvalue weighted by Gasteiger charge is 2.23. The summed E-state index contributed by atoms with van der Waals surface area (Å²) < 4.78 is 0. The van der Waals surface area contributed by atoms with E-state index in [1.807, 2.05) is 5.48 Å². The zero-order valence-electron chi connectivity index (χ0n) is 13.8. The zero-order chi connectivity index (χ0) is 19.1. The van der Waals surface area contributed by atoms with E-state index in [1.54, 1.807) is 12.1 Å². The zero-order valence-corrected chi connectivity index (χ0v) is 13.8. The minimum Gasteiger partial charge on any atom is -0.506 e. The van der Waals surface area contributed by atoms with Crippen molar-refractivity contribution in [3.63, 3.8) is 0 Å². The molecule has 3 N–H and O–H groups in total. The molecular weight excluding hydrogens is 328 g/mol. The Morgan fingerprint density at radius 3 is 2.52 bits per heavy atom. The summed E-state index contributed by atoms with van der Waals surface area (Å²) in [7, 11) is 2.50. The van der Waals surface area contributed by atoms with Crippen LogP contribution in [-0.2, 0) is 14.4 Å². The van der Waals surface area contributed by atoms with E-state index in [0.29, 0.717) is 0 Å². The lowest BCUT2D eigenvalue weighted by atomic mass is 10.0. The Morgan fingerprint density at radius 2 is 2.00 bits per heavy atom. The third-order valence-corrected chi connectivity index (χ3v) is 3.20. The van der Waals surface area contributed by atoms with Crippen LogP contribution in [0.4, 0.5) is 0 Å². The number of benzene rings is 1. The highest BCUT2D eigenvalue weighted by Crippen LogP contribution is 2.27. The van der Waals surface area contributed by atoms with Gasteiger partial charge in [0, 0.05) is 12.6 Å². The maximum atomic E-state index is 12.3. The number of nitrogens with one attached hydrogen (secondary N) is 1. The predicted octanol–water partition coefficient (Wildman–Crippen LogP) is 0.501. The number of nitrogens with zero attached hydrogens (tertiary/aromatic N) is 3. The smallest absolute Gasteiger partial charge is 0.268 e. The molecule has 0 atom stereocenters. The Hall–Kier alpha value is -3.56. The lowest BCUT2D eigenvalue weighted by molar-refractivity contribution is -0.137. The van der Waals surface area contributed by atoms with E-state index in [1.165, 1.54) is 27.1 Å². The molecular formula is C16H16N4O5. The van der Waals surface area contributed by atoms with Crippen LogP contribution in [0.25, 0.3) is 5.76 Å². The Kier molecular flexibility index (Phi) is 6.50. The van der Waals surface area contributed by atoms with Crippen LogP contribution in [0, 0.1) is 29.6 Å². The van der Waals surface area contributed by atoms with Gasteiger partial charge in [-0.05, 0) is 24.6 Å². The molecule has 25 heavy (non-hydrogen) atoms. The number of hydroxylamine groups is 1. The summed E-state index contributed by atoms with van der Waals surface area (Å²) >= 11 is 0. The molecule has 9 nitrogen and oxygen atoms in total. The Morgan fingerprint density at radius 1 is 1.36 bits per heavy atom. The molecule has 0 aliphatic heterocycles. The normalized spacial score (nSPS) is 10.9. The quantitative estimate of drug-likeness (QED) is 0.305. The topological polar surface area (TPSA) is 147 Å². The van der Waals surface area contributed by atoms with Crippen LogP contribution >= 0.6 is 0 Å². The molecule has 0 saturated heterocycles. The number of carbonyl (C=O) groups is 2. The Bertz CT molecular complexity index is 817. The fourth-order valence-electron chi connectivity index (χ4n) is 1.97. The molecule has 0 spiro atoms. The molecule has 0 aliphatic rings. The second-order valence-corrected chi connectivity index (χ2v) is 5.03. The first-order chi connectivity index (χ1) is 11.8. The number of aliphatic hydroxyl groups excluding tert-OH is 1. The number of phenolic OH excluding ortho intramolecular Hbond substituents is 1. The van der Waals surface area contributed by atoms with Crippen LogP contribution in [0.3, 0.4) is 0 Å². The largest absolute Gasteiger partial charge is 0.506 e. The number of nitriles is 2. The molecule has 1 aromatic rings. The Labute approximate surface area is 143 Å². The number of aryl methyl sites for hydroxylation is 1. The summed E-state index contributed by atoms with van der Waals surface area (Å²) in [6.07, 6.45) is 0. The number of aliphatic hydroxyl groups is 1. The number of likely N-dealkylation sites (N-methyl/N-ethyl adjacent to an activating group) is 1. The van der Waals surface area contributed by atoms with Crippen molar-refractivity contribution in [1.82, 2.24) is 10.4 Å². The summed E-state index contributed by atoms with van der Waals surface area (Å²) in [5, 5.41) is 38.2. The number of phenols is 1. The van der Waals surface area contributed by atoms with Crippen molar-refractivity contribution in [1.29, 1.82) is 10.5 Å². The number of rotatable bonds is 5. The van der Waals surface area contributed by atoms with E-state index in [9.17, 15) is 25.1 Å². The summed E-state index contributed by atoms with van der Waals surface area (Å²) in [5.74, 6) is -2.43. The molecule has 0 aromatic heterocycles. The average molecular weight is 344 g/mol. The molecule has 130 valence electrons. The standard InChI is InChI=1S/C16H16N4O5/c1-9-4-10(5-11(6-17)14(9)22)15(23)12(7-18)16(24)20(2)8-13(21)19-25-3/h4-5,22-23H,8H2,1-3H3,(H,19,21)/b15-12-. The maximum absolute atomic E-state index is 12.3. The second-order valence-electron chi connectivity index (χ2n) is 5.03. The fraction of sp³-hybridized carbons (Fsp3) is 0.250. The van der Waals surface area contributed by atoms with Gasteiger partial charge in [0.05, 0.1) is 12.7 Å². The van der Waals surface area contributed by atoms with Gasteiger partial charge in [-0.1, -0.05) is 0 Å². The number of hydrogen-bond donors (Lipinski definition) is 3. The van der Waals surface area contributed by atoms with Gasteiger partial charge in [0.15, 0.2) is 5.57 Å². The van der Waals surface area contributed by atoms with E-state index < -0.39 is 29.7 Å². The average Bonchev–Trinajstić information content (AvgIpc) is 2.57. The van der Waals surface area contributed by atoms with Gasteiger partial charge < -0.3 is 15.1 Å². The number of carbonyl (C=O) groups excluding carboxylic acids is 2. The minimum atomic E-state index is -0.893. The predicted molar refractivity (Wildman–Crippen MR) is 85.5 cm³/mol. The summed E-state index contributed by atoms with van der Waals surface area (Å²) in [6, 6.07) is 5.82. The van der Waals surface area contributed by atoms with E-state index in [4.69, 9.17) is 5.26 Å². The highest BCUT2D eigenvalue weighted by molar-refractivity contribution is 6.04. The van der Waals surface area contributed by atoms with Gasteiger partial charge in [0.2, 0.25) is 0 Å². The van der Waals surface area contributed by atoms with Crippen molar-refractivity contribution in [3.05, 3.63) is 34.4 Å². The van der Waals surface area contributed by atoms with Crippen molar-refractivity contribution < 1.29 is 24.6 Å². The summed E-state index contributed by atoms with van der Waals surface area (Å²) in [5.41, 5.74) is 1.61. The lowest BCUT2D eigenvalue weighted by Gasteiger charge is -2.16.